The summed E-state index contributed by atoms with van der Waals surface area (Å²) < 4.78 is 10.5. The summed E-state index contributed by atoms with van der Waals surface area (Å²) in [5, 5.41) is 0. The minimum atomic E-state index is 0.775. The van der Waals surface area contributed by atoms with Crippen molar-refractivity contribution in [1.82, 2.24) is 0 Å². The first-order valence-corrected chi connectivity index (χ1v) is 5.79. The van der Waals surface area contributed by atoms with Crippen molar-refractivity contribution in [3.63, 3.8) is 0 Å². The molecule has 0 unspecified atom stereocenters. The van der Waals surface area contributed by atoms with Crippen LogP contribution in [-0.2, 0) is 0 Å². The summed E-state index contributed by atoms with van der Waals surface area (Å²) in [5.74, 6) is 2.63. The molecule has 0 fully saturated rings. The first-order valence-electron chi connectivity index (χ1n) is 4.80. The van der Waals surface area contributed by atoms with E-state index in [1.54, 1.807) is 14.2 Å². The van der Waals surface area contributed by atoms with E-state index in [0.717, 1.165) is 29.2 Å². The highest BCUT2D eigenvalue weighted by molar-refractivity contribution is 7.99. The summed E-state index contributed by atoms with van der Waals surface area (Å²) in [6.45, 7) is 0. The Morgan fingerprint density at radius 1 is 1.20 bits per heavy atom. The molecule has 0 atom stereocenters. The average Bonchev–Trinajstić information content (AvgIpc) is 2.51. The van der Waals surface area contributed by atoms with Crippen LogP contribution in [0.5, 0.6) is 11.5 Å². The Balaban J connectivity index is 2.48. The van der Waals surface area contributed by atoms with Crippen molar-refractivity contribution in [1.29, 1.82) is 0 Å². The summed E-state index contributed by atoms with van der Waals surface area (Å²) in [6, 6.07) is 4.03. The number of thioether (sulfide) groups is 1. The molecule has 1 aliphatic heterocycles. The van der Waals surface area contributed by atoms with Crippen molar-refractivity contribution in [2.45, 2.75) is 11.3 Å². The molecule has 0 bridgehead atoms. The monoisotopic (exact) mass is 221 g/mol. The minimum Gasteiger partial charge on any atom is -0.493 e. The lowest BCUT2D eigenvalue weighted by Crippen LogP contribution is -1.92. The van der Waals surface area contributed by atoms with E-state index < -0.39 is 0 Å². The molecule has 1 aromatic carbocycles. The fourth-order valence-electron chi connectivity index (χ4n) is 1.52. The van der Waals surface area contributed by atoms with Crippen LogP contribution in [0.2, 0.25) is 0 Å². The normalized spacial score (nSPS) is 14.3. The van der Waals surface area contributed by atoms with E-state index in [4.69, 9.17) is 9.47 Å². The second-order valence-electron chi connectivity index (χ2n) is 3.19. The van der Waals surface area contributed by atoms with Gasteiger partial charge < -0.3 is 9.47 Å². The molecule has 1 heterocycles. The Kier molecular flexibility index (Phi) is 3.21. The minimum absolute atomic E-state index is 0.775. The molecule has 3 heteroatoms. The number of rotatable bonds is 2. The summed E-state index contributed by atoms with van der Waals surface area (Å²) in [7, 11) is 3.31. The van der Waals surface area contributed by atoms with Crippen LogP contribution in [0.4, 0.5) is 0 Å². The Morgan fingerprint density at radius 3 is 2.67 bits per heavy atom. The number of hydrogen-bond donors (Lipinski definition) is 0. The maximum Gasteiger partial charge on any atom is 0.161 e. The lowest BCUT2D eigenvalue weighted by Gasteiger charge is -2.11. The van der Waals surface area contributed by atoms with E-state index in [1.165, 1.54) is 4.90 Å². The number of fused-ring (bicyclic) bond motifs is 1. The SMILES string of the molecule is COc1cc2c(cc1OC)SCC[C]=C2. The van der Waals surface area contributed by atoms with Crippen LogP contribution in [0.3, 0.4) is 0 Å². The van der Waals surface area contributed by atoms with Crippen molar-refractivity contribution in [2.75, 3.05) is 20.0 Å². The van der Waals surface area contributed by atoms with Gasteiger partial charge in [-0.1, -0.05) is 6.08 Å². The number of allylic oxidation sites excluding steroid dienone is 1. The summed E-state index contributed by atoms with van der Waals surface area (Å²) in [6.07, 6.45) is 6.27. The lowest BCUT2D eigenvalue weighted by molar-refractivity contribution is 0.354. The molecule has 0 aliphatic carbocycles. The third-order valence-corrected chi connectivity index (χ3v) is 3.35. The van der Waals surface area contributed by atoms with Crippen LogP contribution in [0.15, 0.2) is 17.0 Å². The van der Waals surface area contributed by atoms with Crippen molar-refractivity contribution < 1.29 is 9.47 Å². The maximum absolute atomic E-state index is 5.27. The third kappa shape index (κ3) is 2.12. The molecule has 1 aliphatic rings. The molecule has 79 valence electrons. The van der Waals surface area contributed by atoms with Crippen molar-refractivity contribution in [2.24, 2.45) is 0 Å². The maximum atomic E-state index is 5.27. The topological polar surface area (TPSA) is 18.5 Å². The lowest BCUT2D eigenvalue weighted by atomic mass is 10.2. The van der Waals surface area contributed by atoms with Gasteiger partial charge in [-0.3, -0.25) is 0 Å². The first kappa shape index (κ1) is 10.4. The molecule has 0 saturated carbocycles. The highest BCUT2D eigenvalue weighted by atomic mass is 32.2. The van der Waals surface area contributed by atoms with Gasteiger partial charge in [-0.25, -0.2) is 0 Å². The van der Waals surface area contributed by atoms with Gasteiger partial charge >= 0.3 is 0 Å². The molecule has 0 spiro atoms. The predicted molar refractivity (Wildman–Crippen MR) is 62.6 cm³/mol. The van der Waals surface area contributed by atoms with Gasteiger partial charge in [0.1, 0.15) is 0 Å². The van der Waals surface area contributed by atoms with Gasteiger partial charge in [0.2, 0.25) is 0 Å². The Morgan fingerprint density at radius 2 is 1.93 bits per heavy atom. The highest BCUT2D eigenvalue weighted by Gasteiger charge is 2.11. The zero-order valence-electron chi connectivity index (χ0n) is 8.87. The van der Waals surface area contributed by atoms with Gasteiger partial charge in [0, 0.05) is 10.6 Å². The molecule has 2 rings (SSSR count). The predicted octanol–water partition coefficient (Wildman–Crippen LogP) is 3.02. The standard InChI is InChI=1S/C12H13O2S/c1-13-10-7-9-5-3-4-6-15-12(9)8-11(10)14-2/h5,7-8H,4,6H2,1-2H3. The summed E-state index contributed by atoms with van der Waals surface area (Å²) in [4.78, 5) is 1.23. The Bertz CT molecular complexity index is 385. The number of methoxy groups -OCH3 is 2. The second kappa shape index (κ2) is 4.62. The first-order chi connectivity index (χ1) is 7.35. The largest absolute Gasteiger partial charge is 0.493 e. The van der Waals surface area contributed by atoms with Gasteiger partial charge in [0.15, 0.2) is 11.5 Å². The second-order valence-corrected chi connectivity index (χ2v) is 4.33. The molecule has 1 aromatic rings. The van der Waals surface area contributed by atoms with Crippen molar-refractivity contribution in [3.8, 4) is 11.5 Å². The summed E-state index contributed by atoms with van der Waals surface area (Å²) >= 11 is 1.83. The molecule has 15 heavy (non-hydrogen) atoms. The van der Waals surface area contributed by atoms with E-state index in [-0.39, 0.29) is 0 Å². The third-order valence-electron chi connectivity index (χ3n) is 2.28. The van der Waals surface area contributed by atoms with E-state index >= 15 is 0 Å². The van der Waals surface area contributed by atoms with Crippen molar-refractivity contribution >= 4 is 17.8 Å². The van der Waals surface area contributed by atoms with Crippen molar-refractivity contribution in [3.05, 3.63) is 23.8 Å². The van der Waals surface area contributed by atoms with Crippen LogP contribution < -0.4 is 9.47 Å². The smallest absolute Gasteiger partial charge is 0.161 e. The van der Waals surface area contributed by atoms with E-state index in [2.05, 4.69) is 6.08 Å². The quantitative estimate of drug-likeness (QED) is 0.764. The number of ether oxygens (including phenoxy) is 2. The Hall–Kier alpha value is -1.09. The van der Waals surface area contributed by atoms with E-state index in [9.17, 15) is 0 Å². The van der Waals surface area contributed by atoms with Crippen LogP contribution in [0, 0.1) is 6.08 Å². The van der Waals surface area contributed by atoms with Crippen LogP contribution in [0.1, 0.15) is 12.0 Å². The number of benzene rings is 1. The fourth-order valence-corrected chi connectivity index (χ4v) is 2.43. The molecule has 1 radical (unpaired) electrons. The van der Waals surface area contributed by atoms with Crippen LogP contribution in [-0.4, -0.2) is 20.0 Å². The van der Waals surface area contributed by atoms with Gasteiger partial charge in [-0.2, -0.15) is 0 Å². The average molecular weight is 221 g/mol. The van der Waals surface area contributed by atoms with Gasteiger partial charge in [0.25, 0.3) is 0 Å². The van der Waals surface area contributed by atoms with E-state index in [1.807, 2.05) is 30.0 Å². The molecule has 0 N–H and O–H groups in total. The molecular formula is C12H13O2S. The Labute approximate surface area is 94.3 Å². The van der Waals surface area contributed by atoms with E-state index in [0.29, 0.717) is 0 Å². The van der Waals surface area contributed by atoms with Gasteiger partial charge in [0.05, 0.1) is 14.2 Å². The molecule has 0 aromatic heterocycles. The van der Waals surface area contributed by atoms with Crippen LogP contribution in [0.25, 0.3) is 6.08 Å². The number of hydrogen-bond acceptors (Lipinski definition) is 3. The van der Waals surface area contributed by atoms with Crippen LogP contribution >= 0.6 is 11.8 Å². The fraction of sp³-hybridized carbons (Fsp3) is 0.333. The molecule has 0 saturated heterocycles. The van der Waals surface area contributed by atoms with Gasteiger partial charge in [-0.05, 0) is 30.2 Å². The zero-order valence-corrected chi connectivity index (χ0v) is 9.69. The highest BCUT2D eigenvalue weighted by Crippen LogP contribution is 2.37. The molecule has 0 amide bonds. The van der Waals surface area contributed by atoms with Gasteiger partial charge in [-0.15, -0.1) is 11.8 Å². The summed E-state index contributed by atoms with van der Waals surface area (Å²) in [5.41, 5.74) is 1.16. The molecule has 2 nitrogen and oxygen atoms in total. The zero-order chi connectivity index (χ0) is 10.7. The molecular weight excluding hydrogens is 208 g/mol.